The number of benzene rings is 2. The van der Waals surface area contributed by atoms with Gasteiger partial charge in [0.1, 0.15) is 18.6 Å². The minimum atomic E-state index is -0.536. The number of rotatable bonds is 6. The molecule has 0 saturated heterocycles. The van der Waals surface area contributed by atoms with Gasteiger partial charge < -0.3 is 10.5 Å². The molecule has 0 aliphatic heterocycles. The first kappa shape index (κ1) is 16.5. The molecule has 0 amide bonds. The maximum absolute atomic E-state index is 10.9. The van der Waals surface area contributed by atoms with Gasteiger partial charge in [-0.05, 0) is 30.2 Å². The maximum Gasteiger partial charge on any atom is 0.330 e. The summed E-state index contributed by atoms with van der Waals surface area (Å²) in [6.07, 6.45) is 1.17. The highest BCUT2D eigenvalue weighted by molar-refractivity contribution is 5.52. The predicted octanol–water partition coefficient (Wildman–Crippen LogP) is 3.56. The number of nitrogens with two attached hydrogens (primary N) is 1. The molecule has 0 aliphatic rings. The fourth-order valence-electron chi connectivity index (χ4n) is 2.54. The summed E-state index contributed by atoms with van der Waals surface area (Å²) in [5.41, 5.74) is 7.65. The number of nitrogens with zero attached hydrogens (tertiary/aromatic N) is 3. The fraction of sp³-hybridized carbons (Fsp3) is 0.167. The summed E-state index contributed by atoms with van der Waals surface area (Å²) >= 11 is 0. The number of ether oxygens (including phenoxy) is 1. The number of hydrogen-bond acceptors (Lipinski definition) is 5. The van der Waals surface area contributed by atoms with E-state index in [1.54, 1.807) is 0 Å². The van der Waals surface area contributed by atoms with Crippen LogP contribution in [-0.4, -0.2) is 14.7 Å². The summed E-state index contributed by atoms with van der Waals surface area (Å²) in [6, 6.07) is 17.2. The van der Waals surface area contributed by atoms with Crippen molar-refractivity contribution >= 4 is 11.5 Å². The Morgan fingerprint density at radius 2 is 1.88 bits per heavy atom. The van der Waals surface area contributed by atoms with Gasteiger partial charge in [-0.15, -0.1) is 0 Å². The van der Waals surface area contributed by atoms with E-state index in [9.17, 15) is 10.1 Å². The van der Waals surface area contributed by atoms with Crippen molar-refractivity contribution < 1.29 is 9.66 Å². The first-order valence-electron chi connectivity index (χ1n) is 7.80. The van der Waals surface area contributed by atoms with Gasteiger partial charge in [-0.1, -0.05) is 42.5 Å². The third kappa shape index (κ3) is 3.60. The first-order valence-corrected chi connectivity index (χ1v) is 7.80. The Balaban J connectivity index is 1.70. The lowest BCUT2D eigenvalue weighted by Crippen LogP contribution is -2.11. The second-order valence-corrected chi connectivity index (χ2v) is 5.64. The van der Waals surface area contributed by atoms with Gasteiger partial charge in [0.15, 0.2) is 0 Å². The zero-order valence-corrected chi connectivity index (χ0v) is 13.7. The van der Waals surface area contributed by atoms with E-state index in [0.717, 1.165) is 16.9 Å². The lowest BCUT2D eigenvalue weighted by Gasteiger charge is -2.14. The van der Waals surface area contributed by atoms with E-state index < -0.39 is 4.92 Å². The lowest BCUT2D eigenvalue weighted by molar-refractivity contribution is -0.384. The molecular formula is C18H18N4O3. The second kappa shape index (κ2) is 7.04. The fourth-order valence-corrected chi connectivity index (χ4v) is 2.54. The molecule has 1 aromatic heterocycles. The van der Waals surface area contributed by atoms with Crippen LogP contribution in [0.1, 0.15) is 24.1 Å². The molecule has 0 fully saturated rings. The molecule has 0 spiro atoms. The van der Waals surface area contributed by atoms with E-state index in [-0.39, 0.29) is 17.5 Å². The van der Waals surface area contributed by atoms with Crippen molar-refractivity contribution in [3.63, 3.8) is 0 Å². The molecule has 25 heavy (non-hydrogen) atoms. The Morgan fingerprint density at radius 3 is 2.48 bits per heavy atom. The smallest absolute Gasteiger partial charge is 0.330 e. The van der Waals surface area contributed by atoms with Gasteiger partial charge in [-0.3, -0.25) is 10.1 Å². The zero-order chi connectivity index (χ0) is 17.8. The van der Waals surface area contributed by atoms with E-state index in [4.69, 9.17) is 10.5 Å². The van der Waals surface area contributed by atoms with Crippen molar-refractivity contribution in [1.82, 2.24) is 9.78 Å². The normalized spacial score (nSPS) is 11.9. The average Bonchev–Trinajstić information content (AvgIpc) is 3.02. The molecule has 3 rings (SSSR count). The van der Waals surface area contributed by atoms with Crippen molar-refractivity contribution in [1.29, 1.82) is 0 Å². The molecule has 1 unspecified atom stereocenters. The van der Waals surface area contributed by atoms with Gasteiger partial charge in [-0.2, -0.15) is 5.10 Å². The summed E-state index contributed by atoms with van der Waals surface area (Å²) in [4.78, 5) is 10.3. The molecule has 7 heteroatoms. The van der Waals surface area contributed by atoms with Gasteiger partial charge in [0.25, 0.3) is 0 Å². The Hall–Kier alpha value is -3.35. The van der Waals surface area contributed by atoms with Crippen LogP contribution in [0.2, 0.25) is 0 Å². The molecule has 0 bridgehead atoms. The Kier molecular flexibility index (Phi) is 4.65. The van der Waals surface area contributed by atoms with Crippen molar-refractivity contribution in [2.45, 2.75) is 19.6 Å². The van der Waals surface area contributed by atoms with Crippen molar-refractivity contribution in [3.05, 3.63) is 82.0 Å². The van der Waals surface area contributed by atoms with Crippen LogP contribution in [0.15, 0.2) is 60.8 Å². The van der Waals surface area contributed by atoms with E-state index in [1.807, 2.05) is 61.5 Å². The van der Waals surface area contributed by atoms with E-state index in [0.29, 0.717) is 6.61 Å². The summed E-state index contributed by atoms with van der Waals surface area (Å²) in [6.45, 7) is 2.38. The van der Waals surface area contributed by atoms with Crippen LogP contribution in [0.25, 0.3) is 0 Å². The minimum Gasteiger partial charge on any atom is -0.489 e. The SMILES string of the molecule is CC(c1ccc(OCc2ccccc2)cc1)n1ncc([N+](=O)[O-])c1N. The number of anilines is 1. The third-order valence-corrected chi connectivity index (χ3v) is 3.99. The molecule has 1 atom stereocenters. The zero-order valence-electron chi connectivity index (χ0n) is 13.7. The molecular weight excluding hydrogens is 320 g/mol. The quantitative estimate of drug-likeness (QED) is 0.547. The third-order valence-electron chi connectivity index (χ3n) is 3.99. The standard InChI is InChI=1S/C18H18N4O3/c1-13(21-18(19)17(11-20-21)22(23)24)15-7-9-16(10-8-15)25-12-14-5-3-2-4-6-14/h2-11,13H,12,19H2,1H3. The van der Waals surface area contributed by atoms with Crippen molar-refractivity contribution in [2.75, 3.05) is 5.73 Å². The van der Waals surface area contributed by atoms with Crippen molar-refractivity contribution in [2.24, 2.45) is 0 Å². The number of nitrogen functional groups attached to an aromatic ring is 1. The van der Waals surface area contributed by atoms with Crippen LogP contribution in [0.4, 0.5) is 11.5 Å². The van der Waals surface area contributed by atoms with Gasteiger partial charge >= 0.3 is 5.69 Å². The molecule has 3 aromatic rings. The lowest BCUT2D eigenvalue weighted by atomic mass is 10.1. The van der Waals surface area contributed by atoms with Crippen LogP contribution in [0, 0.1) is 10.1 Å². The maximum atomic E-state index is 10.9. The topological polar surface area (TPSA) is 96.2 Å². The van der Waals surface area contributed by atoms with Crippen LogP contribution in [-0.2, 0) is 6.61 Å². The van der Waals surface area contributed by atoms with E-state index in [2.05, 4.69) is 5.10 Å². The summed E-state index contributed by atoms with van der Waals surface area (Å²) in [5.74, 6) is 0.793. The first-order chi connectivity index (χ1) is 12.1. The largest absolute Gasteiger partial charge is 0.489 e. The Morgan fingerprint density at radius 1 is 1.20 bits per heavy atom. The van der Waals surface area contributed by atoms with Gasteiger partial charge in [-0.25, -0.2) is 4.68 Å². The molecule has 2 aromatic carbocycles. The summed E-state index contributed by atoms with van der Waals surface area (Å²) in [5, 5.41) is 14.9. The second-order valence-electron chi connectivity index (χ2n) is 5.64. The van der Waals surface area contributed by atoms with Crippen LogP contribution in [0.5, 0.6) is 5.75 Å². The highest BCUT2D eigenvalue weighted by Crippen LogP contribution is 2.28. The summed E-state index contributed by atoms with van der Waals surface area (Å²) < 4.78 is 7.20. The van der Waals surface area contributed by atoms with Gasteiger partial charge in [0.05, 0.1) is 11.0 Å². The van der Waals surface area contributed by atoms with E-state index in [1.165, 1.54) is 10.9 Å². The molecule has 2 N–H and O–H groups in total. The Bertz CT molecular complexity index is 860. The summed E-state index contributed by atoms with van der Waals surface area (Å²) in [7, 11) is 0. The number of nitro groups is 1. The van der Waals surface area contributed by atoms with E-state index >= 15 is 0 Å². The van der Waals surface area contributed by atoms with Gasteiger partial charge in [0, 0.05) is 0 Å². The van der Waals surface area contributed by atoms with Crippen LogP contribution >= 0.6 is 0 Å². The highest BCUT2D eigenvalue weighted by Gasteiger charge is 2.21. The Labute approximate surface area is 144 Å². The number of aromatic nitrogens is 2. The monoisotopic (exact) mass is 338 g/mol. The molecule has 128 valence electrons. The molecule has 0 aliphatic carbocycles. The average molecular weight is 338 g/mol. The molecule has 1 heterocycles. The predicted molar refractivity (Wildman–Crippen MR) is 94.3 cm³/mol. The molecule has 0 saturated carbocycles. The molecule has 0 radical (unpaired) electrons. The number of hydrogen-bond donors (Lipinski definition) is 1. The van der Waals surface area contributed by atoms with Gasteiger partial charge in [0.2, 0.25) is 5.82 Å². The highest BCUT2D eigenvalue weighted by atomic mass is 16.6. The van der Waals surface area contributed by atoms with Crippen LogP contribution < -0.4 is 10.5 Å². The van der Waals surface area contributed by atoms with Crippen LogP contribution in [0.3, 0.4) is 0 Å². The minimum absolute atomic E-state index is 0.0434. The molecule has 7 nitrogen and oxygen atoms in total. The van der Waals surface area contributed by atoms with Crippen molar-refractivity contribution in [3.8, 4) is 5.75 Å².